The average Bonchev–Trinajstić information content (AvgIpc) is 2.89. The molecule has 0 saturated carbocycles. The normalized spacial score (nSPS) is 23.9. The van der Waals surface area contributed by atoms with Crippen LogP contribution in [0.25, 0.3) is 0 Å². The van der Waals surface area contributed by atoms with E-state index in [9.17, 15) is 20.1 Å². The fourth-order valence-electron chi connectivity index (χ4n) is 3.92. The average molecular weight is 550 g/mol. The molecule has 10 nitrogen and oxygen atoms in total. The van der Waals surface area contributed by atoms with E-state index >= 15 is 0 Å². The highest BCUT2D eigenvalue weighted by Gasteiger charge is 2.46. The number of nitrogens with one attached hydrogen (secondary N) is 1. The number of benzene rings is 1. The summed E-state index contributed by atoms with van der Waals surface area (Å²) in [5.41, 5.74) is 2.17. The summed E-state index contributed by atoms with van der Waals surface area (Å²) in [5.74, 6) is 1.03. The SMILES string of the molecule is C=CCOC(=O)NC[C@H]1O[C@@H](N(CCCc2ccc(N(CCCl)CCCl)cc2)OC)[C@H](O)[C@@H](O)[C@@H]1O. The Balaban J connectivity index is 1.92. The van der Waals surface area contributed by atoms with Crippen molar-refractivity contribution in [1.82, 2.24) is 10.4 Å². The topological polar surface area (TPSA) is 124 Å². The lowest BCUT2D eigenvalue weighted by atomic mass is 9.97. The van der Waals surface area contributed by atoms with Crippen molar-refractivity contribution in [3.63, 3.8) is 0 Å². The largest absolute Gasteiger partial charge is 0.445 e. The lowest BCUT2D eigenvalue weighted by molar-refractivity contribution is -0.323. The number of rotatable bonds is 15. The Morgan fingerprint density at radius 2 is 1.78 bits per heavy atom. The molecule has 0 bridgehead atoms. The zero-order valence-electron chi connectivity index (χ0n) is 20.5. The fraction of sp³-hybridized carbons (Fsp3) is 0.625. The molecule has 1 aliphatic heterocycles. The van der Waals surface area contributed by atoms with Crippen LogP contribution < -0.4 is 10.2 Å². The van der Waals surface area contributed by atoms with Gasteiger partial charge in [-0.1, -0.05) is 24.8 Å². The van der Waals surface area contributed by atoms with Crippen LogP contribution in [0.1, 0.15) is 12.0 Å². The van der Waals surface area contributed by atoms with Crippen molar-refractivity contribution < 1.29 is 34.4 Å². The number of halogens is 2. The van der Waals surface area contributed by atoms with E-state index in [2.05, 4.69) is 16.8 Å². The molecule has 1 aliphatic rings. The van der Waals surface area contributed by atoms with Gasteiger partial charge in [0.15, 0.2) is 6.23 Å². The minimum absolute atomic E-state index is 0.0309. The molecule has 1 aromatic rings. The molecule has 0 aromatic heterocycles. The molecule has 1 aromatic carbocycles. The second kappa shape index (κ2) is 16.3. The van der Waals surface area contributed by atoms with E-state index in [1.807, 2.05) is 24.3 Å². The molecule has 1 fully saturated rings. The van der Waals surface area contributed by atoms with Gasteiger partial charge in [-0.2, -0.15) is 5.06 Å². The predicted molar refractivity (Wildman–Crippen MR) is 138 cm³/mol. The molecular formula is C24H37Cl2N3O7. The molecule has 0 radical (unpaired) electrons. The Morgan fingerprint density at radius 3 is 2.36 bits per heavy atom. The van der Waals surface area contributed by atoms with Crippen molar-refractivity contribution in [1.29, 1.82) is 0 Å². The first-order valence-corrected chi connectivity index (χ1v) is 12.9. The zero-order chi connectivity index (χ0) is 26.5. The third-order valence-electron chi connectivity index (χ3n) is 5.84. The maximum Gasteiger partial charge on any atom is 0.407 e. The van der Waals surface area contributed by atoms with Gasteiger partial charge in [-0.05, 0) is 30.5 Å². The quantitative estimate of drug-likeness (QED) is 0.146. The number of nitrogens with zero attached hydrogens (tertiary/aromatic N) is 2. The van der Waals surface area contributed by atoms with Crippen LogP contribution in [0.3, 0.4) is 0 Å². The Morgan fingerprint density at radius 1 is 1.11 bits per heavy atom. The van der Waals surface area contributed by atoms with Crippen LogP contribution in [0.15, 0.2) is 36.9 Å². The smallest absolute Gasteiger partial charge is 0.407 e. The number of alkyl carbamates (subject to hydrolysis) is 1. The number of anilines is 1. The van der Waals surface area contributed by atoms with Crippen LogP contribution in [0, 0.1) is 0 Å². The summed E-state index contributed by atoms with van der Waals surface area (Å²) >= 11 is 11.8. The van der Waals surface area contributed by atoms with Crippen molar-refractivity contribution in [3.05, 3.63) is 42.5 Å². The third-order valence-corrected chi connectivity index (χ3v) is 6.18. The molecule has 0 aliphatic carbocycles. The van der Waals surface area contributed by atoms with E-state index in [1.54, 1.807) is 0 Å². The highest BCUT2D eigenvalue weighted by atomic mass is 35.5. The standard InChI is InChI=1S/C24H37Cl2N3O7/c1-3-15-35-24(33)27-16-19-20(30)21(31)22(32)23(36-19)29(34-2)12-4-5-17-6-8-18(9-7-17)28(13-10-25)14-11-26/h3,6-9,19-23,30-32H,1,4-5,10-16H2,2H3,(H,27,33)/t19-,20-,21+,22-,23-/m1/s1. The summed E-state index contributed by atoms with van der Waals surface area (Å²) in [7, 11) is 1.44. The van der Waals surface area contributed by atoms with Gasteiger partial charge in [0.05, 0.1) is 7.11 Å². The number of carbonyl (C=O) groups is 1. The van der Waals surface area contributed by atoms with Gasteiger partial charge < -0.3 is 35.0 Å². The van der Waals surface area contributed by atoms with E-state index < -0.39 is 36.7 Å². The third kappa shape index (κ3) is 9.04. The maximum atomic E-state index is 11.7. The number of hydroxylamine groups is 2. The van der Waals surface area contributed by atoms with Gasteiger partial charge in [-0.15, -0.1) is 23.2 Å². The first kappa shape index (κ1) is 30.6. The maximum absolute atomic E-state index is 11.7. The Hall–Kier alpha value is -1.63. The van der Waals surface area contributed by atoms with Crippen molar-refractivity contribution in [2.24, 2.45) is 0 Å². The summed E-state index contributed by atoms with van der Waals surface area (Å²) in [6.45, 7) is 5.17. The fourth-order valence-corrected chi connectivity index (χ4v) is 4.32. The number of aryl methyl sites for hydroxylation is 1. The molecule has 1 heterocycles. The number of carbonyl (C=O) groups excluding carboxylic acids is 1. The van der Waals surface area contributed by atoms with Crippen LogP contribution in [-0.4, -0.2) is 109 Å². The molecule has 1 saturated heterocycles. The Bertz CT molecular complexity index is 783. The number of aliphatic hydroxyl groups excluding tert-OH is 3. The number of amides is 1. The van der Waals surface area contributed by atoms with Gasteiger partial charge >= 0.3 is 6.09 Å². The summed E-state index contributed by atoms with van der Waals surface area (Å²) in [4.78, 5) is 19.2. The monoisotopic (exact) mass is 549 g/mol. The first-order valence-electron chi connectivity index (χ1n) is 11.8. The first-order chi connectivity index (χ1) is 17.4. The number of alkyl halides is 2. The van der Waals surface area contributed by atoms with Crippen molar-refractivity contribution >= 4 is 35.0 Å². The minimum Gasteiger partial charge on any atom is -0.445 e. The number of hydrogen-bond donors (Lipinski definition) is 4. The van der Waals surface area contributed by atoms with Crippen LogP contribution in [0.5, 0.6) is 0 Å². The van der Waals surface area contributed by atoms with Crippen LogP contribution in [0.4, 0.5) is 10.5 Å². The van der Waals surface area contributed by atoms with Gasteiger partial charge in [0.2, 0.25) is 0 Å². The summed E-state index contributed by atoms with van der Waals surface area (Å²) < 4.78 is 10.6. The van der Waals surface area contributed by atoms with Gasteiger partial charge in [-0.25, -0.2) is 4.79 Å². The predicted octanol–water partition coefficient (Wildman–Crippen LogP) is 1.49. The van der Waals surface area contributed by atoms with Gasteiger partial charge in [0.1, 0.15) is 31.0 Å². The lowest BCUT2D eigenvalue weighted by Gasteiger charge is -2.44. The molecule has 2 rings (SSSR count). The van der Waals surface area contributed by atoms with E-state index in [1.165, 1.54) is 18.2 Å². The van der Waals surface area contributed by atoms with Gasteiger partial charge in [0, 0.05) is 43.6 Å². The Kier molecular flexibility index (Phi) is 13.8. The Labute approximate surface area is 222 Å². The van der Waals surface area contributed by atoms with Gasteiger partial charge in [0.25, 0.3) is 0 Å². The van der Waals surface area contributed by atoms with E-state index in [0.717, 1.165) is 17.7 Å². The van der Waals surface area contributed by atoms with Gasteiger partial charge in [-0.3, -0.25) is 4.84 Å². The second-order valence-corrected chi connectivity index (χ2v) is 9.02. The van der Waals surface area contributed by atoms with E-state index in [4.69, 9.17) is 37.5 Å². The molecular weight excluding hydrogens is 513 g/mol. The summed E-state index contributed by atoms with van der Waals surface area (Å²) in [6.07, 6.45) is -4.25. The second-order valence-electron chi connectivity index (χ2n) is 8.26. The van der Waals surface area contributed by atoms with Crippen LogP contribution >= 0.6 is 23.2 Å². The molecule has 204 valence electrons. The highest BCUT2D eigenvalue weighted by Crippen LogP contribution is 2.24. The number of hydrogen-bond acceptors (Lipinski definition) is 9. The molecule has 0 spiro atoms. The lowest BCUT2D eigenvalue weighted by Crippen LogP contribution is -2.64. The van der Waals surface area contributed by atoms with E-state index in [0.29, 0.717) is 37.8 Å². The number of ether oxygens (including phenoxy) is 2. The van der Waals surface area contributed by atoms with Crippen LogP contribution in [-0.2, 0) is 20.7 Å². The van der Waals surface area contributed by atoms with Crippen molar-refractivity contribution in [2.75, 3.05) is 56.6 Å². The zero-order valence-corrected chi connectivity index (χ0v) is 22.0. The highest BCUT2D eigenvalue weighted by molar-refractivity contribution is 6.18. The van der Waals surface area contributed by atoms with E-state index in [-0.39, 0.29) is 13.2 Å². The molecule has 4 N–H and O–H groups in total. The molecule has 5 atom stereocenters. The summed E-state index contributed by atoms with van der Waals surface area (Å²) in [6, 6.07) is 8.15. The van der Waals surface area contributed by atoms with Crippen molar-refractivity contribution in [3.8, 4) is 0 Å². The molecule has 36 heavy (non-hydrogen) atoms. The molecule has 12 heteroatoms. The number of aliphatic hydroxyl groups is 3. The molecule has 0 unspecified atom stereocenters. The van der Waals surface area contributed by atoms with Crippen molar-refractivity contribution in [2.45, 2.75) is 43.5 Å². The molecule has 1 amide bonds. The summed E-state index contributed by atoms with van der Waals surface area (Å²) in [5, 5.41) is 35.0. The minimum atomic E-state index is -1.49. The van der Waals surface area contributed by atoms with Crippen LogP contribution in [0.2, 0.25) is 0 Å².